The predicted octanol–water partition coefficient (Wildman–Crippen LogP) is 5.69. The van der Waals surface area contributed by atoms with Crippen molar-refractivity contribution in [3.05, 3.63) is 59.7 Å². The molecule has 0 aliphatic heterocycles. The van der Waals surface area contributed by atoms with E-state index in [2.05, 4.69) is 27.4 Å². The molecule has 0 amide bonds. The standard InChI is InChI=1S/C31H42O6/c1-9-23-27(28(35)22-14-12-11-13-15-22)29(37-21(7)33)30(8)24(17-31(23,10-2)18(3)4)19(5)25(34)16-26(30)36-20(6)32/h9,11-15,18,24-27,29,34H,5,10,16-17H2,1-4,6-8H3/b23-9+/t24?,25-,26?,27?,29-,30?,31?/m0/s1. The fourth-order valence-corrected chi connectivity index (χ4v) is 7.11. The lowest BCUT2D eigenvalue weighted by Crippen LogP contribution is -2.59. The van der Waals surface area contributed by atoms with Gasteiger partial charge in [0.1, 0.15) is 12.2 Å². The molecule has 202 valence electrons. The molecule has 6 heteroatoms. The van der Waals surface area contributed by atoms with E-state index in [0.29, 0.717) is 17.6 Å². The molecule has 0 radical (unpaired) electrons. The number of aliphatic hydroxyl groups is 1. The highest BCUT2D eigenvalue weighted by molar-refractivity contribution is 6.00. The lowest BCUT2D eigenvalue weighted by atomic mass is 9.56. The molecule has 3 rings (SSSR count). The van der Waals surface area contributed by atoms with E-state index in [9.17, 15) is 19.5 Å². The summed E-state index contributed by atoms with van der Waals surface area (Å²) >= 11 is 0. The first-order valence-electron chi connectivity index (χ1n) is 13.3. The van der Waals surface area contributed by atoms with Crippen LogP contribution in [0.2, 0.25) is 0 Å². The highest BCUT2D eigenvalue weighted by Crippen LogP contribution is 2.62. The highest BCUT2D eigenvalue weighted by Gasteiger charge is 2.64. The van der Waals surface area contributed by atoms with Crippen molar-refractivity contribution in [2.45, 2.75) is 86.0 Å². The lowest BCUT2D eigenvalue weighted by Gasteiger charge is -2.52. The van der Waals surface area contributed by atoms with Crippen LogP contribution in [-0.4, -0.2) is 41.1 Å². The first-order chi connectivity index (χ1) is 17.3. The second-order valence-electron chi connectivity index (χ2n) is 11.2. The molecule has 1 aromatic rings. The van der Waals surface area contributed by atoms with Crippen molar-refractivity contribution in [1.29, 1.82) is 0 Å². The van der Waals surface area contributed by atoms with E-state index in [0.717, 1.165) is 12.0 Å². The molecular weight excluding hydrogens is 468 g/mol. The Kier molecular flexibility index (Phi) is 8.53. The summed E-state index contributed by atoms with van der Waals surface area (Å²) in [6, 6.07) is 9.05. The van der Waals surface area contributed by atoms with E-state index in [1.807, 2.05) is 38.1 Å². The molecule has 0 aromatic heterocycles. The van der Waals surface area contributed by atoms with Crippen LogP contribution in [0.4, 0.5) is 0 Å². The van der Waals surface area contributed by atoms with E-state index >= 15 is 0 Å². The number of hydrogen-bond acceptors (Lipinski definition) is 6. The van der Waals surface area contributed by atoms with Crippen LogP contribution < -0.4 is 0 Å². The first kappa shape index (κ1) is 28.8. The van der Waals surface area contributed by atoms with Gasteiger partial charge in [-0.05, 0) is 42.6 Å². The fraction of sp³-hybridized carbons (Fsp3) is 0.581. The van der Waals surface area contributed by atoms with E-state index in [-0.39, 0.29) is 24.0 Å². The van der Waals surface area contributed by atoms with Gasteiger partial charge in [-0.25, -0.2) is 0 Å². The molecule has 2 aliphatic rings. The zero-order valence-electron chi connectivity index (χ0n) is 23.2. The van der Waals surface area contributed by atoms with Crippen molar-refractivity contribution in [3.8, 4) is 0 Å². The second kappa shape index (κ2) is 10.9. The summed E-state index contributed by atoms with van der Waals surface area (Å²) in [5.74, 6) is -2.17. The van der Waals surface area contributed by atoms with Gasteiger partial charge in [0.15, 0.2) is 5.78 Å². The smallest absolute Gasteiger partial charge is 0.302 e. The number of Topliss-reactive ketones (excluding diaryl/α,β-unsaturated/α-hetero) is 1. The number of allylic oxidation sites excluding steroid dienone is 1. The van der Waals surface area contributed by atoms with Crippen LogP contribution in [-0.2, 0) is 19.1 Å². The Bertz CT molecular complexity index is 1070. The Morgan fingerprint density at radius 2 is 1.73 bits per heavy atom. The maximum absolute atomic E-state index is 14.4. The molecule has 0 heterocycles. The van der Waals surface area contributed by atoms with Gasteiger partial charge < -0.3 is 14.6 Å². The number of rotatable bonds is 6. The van der Waals surface area contributed by atoms with Gasteiger partial charge in [-0.2, -0.15) is 0 Å². The highest BCUT2D eigenvalue weighted by atomic mass is 16.6. The molecule has 1 N–H and O–H groups in total. The molecule has 0 spiro atoms. The molecule has 1 aromatic carbocycles. The van der Waals surface area contributed by atoms with Crippen LogP contribution in [0.25, 0.3) is 0 Å². The summed E-state index contributed by atoms with van der Waals surface area (Å²) in [6.45, 7) is 17.2. The van der Waals surface area contributed by atoms with Crippen LogP contribution in [0, 0.1) is 28.6 Å². The third-order valence-electron chi connectivity index (χ3n) is 9.14. The Hall–Kier alpha value is -2.73. The maximum atomic E-state index is 14.4. The van der Waals surface area contributed by atoms with Crippen LogP contribution >= 0.6 is 0 Å². The molecule has 2 aliphatic carbocycles. The van der Waals surface area contributed by atoms with Gasteiger partial charge in [0.2, 0.25) is 0 Å². The van der Waals surface area contributed by atoms with E-state index in [4.69, 9.17) is 9.47 Å². The number of fused-ring (bicyclic) bond motifs is 1. The van der Waals surface area contributed by atoms with Crippen LogP contribution in [0.15, 0.2) is 54.1 Å². The zero-order chi connectivity index (χ0) is 27.7. The number of ketones is 1. The summed E-state index contributed by atoms with van der Waals surface area (Å²) in [5, 5.41) is 11.1. The monoisotopic (exact) mass is 510 g/mol. The quantitative estimate of drug-likeness (QED) is 0.300. The van der Waals surface area contributed by atoms with E-state index in [1.54, 1.807) is 12.1 Å². The minimum atomic E-state index is -0.997. The number of ether oxygens (including phenoxy) is 2. The van der Waals surface area contributed by atoms with Crippen molar-refractivity contribution in [1.82, 2.24) is 0 Å². The van der Waals surface area contributed by atoms with Crippen LogP contribution in [0.1, 0.15) is 78.1 Å². The van der Waals surface area contributed by atoms with Gasteiger partial charge in [0.05, 0.1) is 12.0 Å². The third kappa shape index (κ3) is 4.93. The largest absolute Gasteiger partial charge is 0.462 e. The maximum Gasteiger partial charge on any atom is 0.302 e. The minimum absolute atomic E-state index is 0.126. The Labute approximate surface area is 221 Å². The van der Waals surface area contributed by atoms with Crippen molar-refractivity contribution in [2.75, 3.05) is 0 Å². The molecule has 0 bridgehead atoms. The normalized spacial score (nSPS) is 35.0. The summed E-state index contributed by atoms with van der Waals surface area (Å²) in [6.07, 6.45) is 0.870. The molecule has 2 saturated carbocycles. The van der Waals surface area contributed by atoms with E-state index < -0.39 is 47.0 Å². The van der Waals surface area contributed by atoms with Crippen molar-refractivity contribution in [2.24, 2.45) is 28.6 Å². The number of hydrogen-bond donors (Lipinski definition) is 1. The molecule has 7 atom stereocenters. The number of benzene rings is 1. The Balaban J connectivity index is 2.42. The number of carbonyl (C=O) groups excluding carboxylic acids is 3. The summed E-state index contributed by atoms with van der Waals surface area (Å²) in [4.78, 5) is 39.3. The molecule has 0 saturated heterocycles. The number of carbonyl (C=O) groups is 3. The van der Waals surface area contributed by atoms with Gasteiger partial charge in [-0.15, -0.1) is 0 Å². The third-order valence-corrected chi connectivity index (χ3v) is 9.14. The second-order valence-corrected chi connectivity index (χ2v) is 11.2. The van der Waals surface area contributed by atoms with Gasteiger partial charge in [0.25, 0.3) is 0 Å². The number of aliphatic hydroxyl groups excluding tert-OH is 1. The van der Waals surface area contributed by atoms with Crippen molar-refractivity contribution in [3.63, 3.8) is 0 Å². The fourth-order valence-electron chi connectivity index (χ4n) is 7.11. The van der Waals surface area contributed by atoms with Gasteiger partial charge >= 0.3 is 11.9 Å². The van der Waals surface area contributed by atoms with Crippen molar-refractivity contribution >= 4 is 17.7 Å². The lowest BCUT2D eigenvalue weighted by molar-refractivity contribution is -0.188. The average Bonchev–Trinajstić information content (AvgIpc) is 2.94. The SMILES string of the molecule is C=C1C2CC(CC)(C(C)C)/C(=C/C)C(C(=O)c3ccccc3)[C@H](OC(C)=O)C2(C)C(OC(C)=O)C[C@@H]1O. The summed E-state index contributed by atoms with van der Waals surface area (Å²) in [7, 11) is 0. The van der Waals surface area contributed by atoms with Crippen molar-refractivity contribution < 1.29 is 29.0 Å². The minimum Gasteiger partial charge on any atom is -0.462 e. The predicted molar refractivity (Wildman–Crippen MR) is 143 cm³/mol. The first-order valence-corrected chi connectivity index (χ1v) is 13.3. The summed E-state index contributed by atoms with van der Waals surface area (Å²) < 4.78 is 12.0. The Morgan fingerprint density at radius 3 is 2.22 bits per heavy atom. The van der Waals surface area contributed by atoms with Crippen LogP contribution in [0.5, 0.6) is 0 Å². The molecule has 5 unspecified atom stereocenters. The summed E-state index contributed by atoms with van der Waals surface area (Å²) in [5.41, 5.74) is 0.641. The average molecular weight is 511 g/mol. The van der Waals surface area contributed by atoms with Gasteiger partial charge in [0, 0.05) is 31.2 Å². The van der Waals surface area contributed by atoms with Gasteiger partial charge in [-0.1, -0.05) is 76.3 Å². The molecule has 37 heavy (non-hydrogen) atoms. The van der Waals surface area contributed by atoms with Gasteiger partial charge in [-0.3, -0.25) is 14.4 Å². The molecule has 6 nitrogen and oxygen atoms in total. The zero-order valence-corrected chi connectivity index (χ0v) is 23.2. The molecular formula is C31H42O6. The topological polar surface area (TPSA) is 89.9 Å². The van der Waals surface area contributed by atoms with E-state index in [1.165, 1.54) is 13.8 Å². The number of esters is 2. The molecule has 2 fully saturated rings. The Morgan fingerprint density at radius 1 is 1.14 bits per heavy atom. The van der Waals surface area contributed by atoms with Crippen LogP contribution in [0.3, 0.4) is 0 Å².